The molecule has 2 N–H and O–H groups in total. The first-order chi connectivity index (χ1) is 6.27. The fourth-order valence-corrected chi connectivity index (χ4v) is 1.22. The summed E-state index contributed by atoms with van der Waals surface area (Å²) >= 11 is 0. The van der Waals surface area contributed by atoms with E-state index in [2.05, 4.69) is 35.4 Å². The highest BCUT2D eigenvalue weighted by Crippen LogP contribution is 2.11. The van der Waals surface area contributed by atoms with Crippen LogP contribution in [0.1, 0.15) is 11.1 Å². The summed E-state index contributed by atoms with van der Waals surface area (Å²) in [6, 6.07) is 8.33. The predicted octanol–water partition coefficient (Wildman–Crippen LogP) is 1.60. The second-order valence-electron chi connectivity index (χ2n) is 2.96. The van der Waals surface area contributed by atoms with Gasteiger partial charge in [-0.15, -0.1) is 0 Å². The molecule has 0 heterocycles. The van der Waals surface area contributed by atoms with Crippen molar-refractivity contribution in [1.29, 1.82) is 0 Å². The Morgan fingerprint density at radius 2 is 2.15 bits per heavy atom. The van der Waals surface area contributed by atoms with Crippen molar-refractivity contribution >= 4 is 5.70 Å². The summed E-state index contributed by atoms with van der Waals surface area (Å²) in [4.78, 5) is 0. The van der Waals surface area contributed by atoms with Crippen LogP contribution in [0, 0.1) is 0 Å². The van der Waals surface area contributed by atoms with Gasteiger partial charge in [-0.1, -0.05) is 24.8 Å². The summed E-state index contributed by atoms with van der Waals surface area (Å²) in [6.07, 6.45) is 0. The van der Waals surface area contributed by atoms with Crippen LogP contribution in [0.5, 0.6) is 0 Å². The number of rotatable bonds is 4. The molecular weight excluding hydrogens is 160 g/mol. The van der Waals surface area contributed by atoms with Crippen molar-refractivity contribution in [2.75, 3.05) is 14.1 Å². The molecule has 2 nitrogen and oxygen atoms in total. The summed E-state index contributed by atoms with van der Waals surface area (Å²) in [5, 5.41) is 6.15. The molecule has 0 atom stereocenters. The predicted molar refractivity (Wildman–Crippen MR) is 57.3 cm³/mol. The van der Waals surface area contributed by atoms with Gasteiger partial charge in [0.2, 0.25) is 0 Å². The molecule has 0 unspecified atom stereocenters. The van der Waals surface area contributed by atoms with E-state index in [1.54, 1.807) is 0 Å². The van der Waals surface area contributed by atoms with Gasteiger partial charge in [0.15, 0.2) is 0 Å². The molecule has 0 aliphatic heterocycles. The number of benzene rings is 1. The van der Waals surface area contributed by atoms with Gasteiger partial charge in [-0.05, 0) is 24.2 Å². The van der Waals surface area contributed by atoms with Gasteiger partial charge in [0.05, 0.1) is 0 Å². The average Bonchev–Trinajstić information content (AvgIpc) is 2.18. The van der Waals surface area contributed by atoms with Crippen LogP contribution in [0.3, 0.4) is 0 Å². The van der Waals surface area contributed by atoms with E-state index in [9.17, 15) is 0 Å². The van der Waals surface area contributed by atoms with E-state index in [0.717, 1.165) is 17.8 Å². The molecule has 1 aromatic rings. The van der Waals surface area contributed by atoms with E-state index in [-0.39, 0.29) is 0 Å². The molecule has 0 aliphatic rings. The zero-order chi connectivity index (χ0) is 9.68. The molecule has 0 saturated heterocycles. The molecule has 0 spiro atoms. The second kappa shape index (κ2) is 4.67. The molecule has 1 rings (SSSR count). The van der Waals surface area contributed by atoms with E-state index in [1.807, 2.05) is 20.2 Å². The molecule has 13 heavy (non-hydrogen) atoms. The Morgan fingerprint density at radius 1 is 1.38 bits per heavy atom. The molecule has 2 heteroatoms. The van der Waals surface area contributed by atoms with Gasteiger partial charge in [0.25, 0.3) is 0 Å². The molecule has 0 amide bonds. The van der Waals surface area contributed by atoms with Crippen LogP contribution in [-0.2, 0) is 6.54 Å². The molecule has 0 aliphatic carbocycles. The summed E-state index contributed by atoms with van der Waals surface area (Å²) in [7, 11) is 3.83. The summed E-state index contributed by atoms with van der Waals surface area (Å²) in [5.74, 6) is 0. The minimum atomic E-state index is 0.894. The van der Waals surface area contributed by atoms with Crippen molar-refractivity contribution in [2.24, 2.45) is 0 Å². The van der Waals surface area contributed by atoms with Crippen LogP contribution >= 0.6 is 0 Å². The highest BCUT2D eigenvalue weighted by molar-refractivity contribution is 5.61. The van der Waals surface area contributed by atoms with Crippen molar-refractivity contribution in [3.05, 3.63) is 42.0 Å². The highest BCUT2D eigenvalue weighted by atomic mass is 14.8. The maximum Gasteiger partial charge on any atom is 0.0338 e. The van der Waals surface area contributed by atoms with Crippen molar-refractivity contribution in [3.8, 4) is 0 Å². The zero-order valence-corrected chi connectivity index (χ0v) is 8.22. The summed E-state index contributed by atoms with van der Waals surface area (Å²) in [5.41, 5.74) is 3.38. The van der Waals surface area contributed by atoms with E-state index >= 15 is 0 Å². The first-order valence-corrected chi connectivity index (χ1v) is 4.38. The van der Waals surface area contributed by atoms with Gasteiger partial charge in [-0.2, -0.15) is 0 Å². The highest BCUT2D eigenvalue weighted by Gasteiger charge is 1.96. The standard InChI is InChI=1S/C11H16N2/c1-9(13-3)11-6-4-5-10(7-11)8-12-2/h4-7,12-13H,1,8H2,2-3H3. The van der Waals surface area contributed by atoms with Crippen molar-refractivity contribution in [1.82, 2.24) is 10.6 Å². The molecule has 70 valence electrons. The van der Waals surface area contributed by atoms with Gasteiger partial charge in [-0.25, -0.2) is 0 Å². The molecule has 0 bridgehead atoms. The Labute approximate surface area is 79.7 Å². The Hall–Kier alpha value is -1.28. The Kier molecular flexibility index (Phi) is 3.53. The lowest BCUT2D eigenvalue weighted by Gasteiger charge is -2.06. The van der Waals surface area contributed by atoms with Gasteiger partial charge >= 0.3 is 0 Å². The van der Waals surface area contributed by atoms with Gasteiger partial charge in [-0.3, -0.25) is 0 Å². The van der Waals surface area contributed by atoms with E-state index in [1.165, 1.54) is 5.56 Å². The van der Waals surface area contributed by atoms with Gasteiger partial charge in [0.1, 0.15) is 0 Å². The average molecular weight is 176 g/mol. The van der Waals surface area contributed by atoms with E-state index < -0.39 is 0 Å². The topological polar surface area (TPSA) is 24.1 Å². The lowest BCUT2D eigenvalue weighted by molar-refractivity contribution is 0.817. The first kappa shape index (κ1) is 9.81. The third kappa shape index (κ3) is 2.60. The molecule has 0 radical (unpaired) electrons. The minimum Gasteiger partial charge on any atom is -0.388 e. The van der Waals surface area contributed by atoms with Crippen LogP contribution in [0.4, 0.5) is 0 Å². The normalized spacial score (nSPS) is 9.69. The van der Waals surface area contributed by atoms with Crippen LogP contribution < -0.4 is 10.6 Å². The molecule has 1 aromatic carbocycles. The second-order valence-corrected chi connectivity index (χ2v) is 2.96. The Morgan fingerprint density at radius 3 is 2.77 bits per heavy atom. The van der Waals surface area contributed by atoms with Gasteiger partial charge in [0, 0.05) is 19.3 Å². The summed E-state index contributed by atoms with van der Waals surface area (Å²) < 4.78 is 0. The monoisotopic (exact) mass is 176 g/mol. The van der Waals surface area contributed by atoms with Crippen LogP contribution in [0.15, 0.2) is 30.8 Å². The third-order valence-corrected chi connectivity index (χ3v) is 1.96. The summed E-state index contributed by atoms with van der Waals surface area (Å²) in [6.45, 7) is 4.81. The quantitative estimate of drug-likeness (QED) is 0.728. The lowest BCUT2D eigenvalue weighted by Crippen LogP contribution is -2.07. The van der Waals surface area contributed by atoms with Crippen LogP contribution in [-0.4, -0.2) is 14.1 Å². The Balaban J connectivity index is 2.85. The lowest BCUT2D eigenvalue weighted by atomic mass is 10.1. The third-order valence-electron chi connectivity index (χ3n) is 1.96. The van der Waals surface area contributed by atoms with Crippen molar-refractivity contribution in [2.45, 2.75) is 6.54 Å². The fraction of sp³-hybridized carbons (Fsp3) is 0.273. The maximum atomic E-state index is 3.91. The largest absolute Gasteiger partial charge is 0.388 e. The van der Waals surface area contributed by atoms with Crippen LogP contribution in [0.2, 0.25) is 0 Å². The smallest absolute Gasteiger partial charge is 0.0338 e. The number of hydrogen-bond donors (Lipinski definition) is 2. The maximum absolute atomic E-state index is 3.91. The van der Waals surface area contributed by atoms with Crippen molar-refractivity contribution in [3.63, 3.8) is 0 Å². The Bertz CT molecular complexity index is 292. The fourth-order valence-electron chi connectivity index (χ4n) is 1.22. The van der Waals surface area contributed by atoms with E-state index in [0.29, 0.717) is 0 Å². The van der Waals surface area contributed by atoms with Gasteiger partial charge < -0.3 is 10.6 Å². The number of hydrogen-bond acceptors (Lipinski definition) is 2. The first-order valence-electron chi connectivity index (χ1n) is 4.38. The zero-order valence-electron chi connectivity index (χ0n) is 8.22. The molecule has 0 fully saturated rings. The minimum absolute atomic E-state index is 0.894. The SMILES string of the molecule is C=C(NC)c1cccc(CNC)c1. The molecule has 0 saturated carbocycles. The van der Waals surface area contributed by atoms with Crippen molar-refractivity contribution < 1.29 is 0 Å². The molecular formula is C11H16N2. The molecule has 0 aromatic heterocycles. The number of nitrogens with one attached hydrogen (secondary N) is 2. The van der Waals surface area contributed by atoms with E-state index in [4.69, 9.17) is 0 Å². The van der Waals surface area contributed by atoms with Crippen LogP contribution in [0.25, 0.3) is 5.70 Å².